The average molecular weight is 262 g/mol. The van der Waals surface area contributed by atoms with Gasteiger partial charge in [-0.2, -0.15) is 0 Å². The average Bonchev–Trinajstić information content (AvgIpc) is 2.20. The molecule has 0 fully saturated rings. The quantitative estimate of drug-likeness (QED) is 0.800. The molecule has 7 heteroatoms. The Bertz CT molecular complexity index is 514. The normalized spacial score (nSPS) is 11.1. The highest BCUT2D eigenvalue weighted by Gasteiger charge is 2.10. The van der Waals surface area contributed by atoms with E-state index in [0.717, 1.165) is 6.07 Å². The minimum absolute atomic E-state index is 0.0197. The largest absolute Gasteiger partial charge is 0.389 e. The second kappa shape index (κ2) is 4.75. The Hall–Kier alpha value is -1.21. The predicted molar refractivity (Wildman–Crippen MR) is 65.4 cm³/mol. The standard InChI is InChI=1S/C9H11FN2O2S2/c1-2-16(13,14)12-6-3-4-8(10)7(5-6)9(11)15/h3-5,12H,2H2,1H3,(H2,11,15). The molecular formula is C9H11FN2O2S2. The van der Waals surface area contributed by atoms with Crippen LogP contribution in [-0.2, 0) is 10.0 Å². The molecule has 0 amide bonds. The topological polar surface area (TPSA) is 72.2 Å². The predicted octanol–water partition coefficient (Wildman–Crippen LogP) is 1.22. The van der Waals surface area contributed by atoms with Crippen molar-refractivity contribution in [2.75, 3.05) is 10.5 Å². The minimum Gasteiger partial charge on any atom is -0.389 e. The lowest BCUT2D eigenvalue weighted by Gasteiger charge is -2.08. The van der Waals surface area contributed by atoms with Gasteiger partial charge in [0.25, 0.3) is 0 Å². The van der Waals surface area contributed by atoms with Crippen molar-refractivity contribution in [2.45, 2.75) is 6.92 Å². The molecule has 0 atom stereocenters. The van der Waals surface area contributed by atoms with Gasteiger partial charge in [0.1, 0.15) is 10.8 Å². The number of halogens is 1. The number of nitrogens with one attached hydrogen (secondary N) is 1. The number of rotatable bonds is 4. The zero-order chi connectivity index (χ0) is 12.3. The van der Waals surface area contributed by atoms with Crippen LogP contribution in [0.15, 0.2) is 18.2 Å². The van der Waals surface area contributed by atoms with Crippen molar-refractivity contribution in [1.29, 1.82) is 0 Å². The lowest BCUT2D eigenvalue weighted by atomic mass is 10.2. The summed E-state index contributed by atoms with van der Waals surface area (Å²) in [6, 6.07) is 3.69. The lowest BCUT2D eigenvalue weighted by molar-refractivity contribution is 0.602. The smallest absolute Gasteiger partial charge is 0.232 e. The van der Waals surface area contributed by atoms with Crippen LogP contribution in [0.3, 0.4) is 0 Å². The SMILES string of the molecule is CCS(=O)(=O)Nc1ccc(F)c(C(N)=S)c1. The van der Waals surface area contributed by atoms with Gasteiger partial charge >= 0.3 is 0 Å². The first-order valence-electron chi connectivity index (χ1n) is 4.45. The molecule has 0 spiro atoms. The molecule has 1 aromatic carbocycles. The van der Waals surface area contributed by atoms with E-state index < -0.39 is 15.8 Å². The fourth-order valence-electron chi connectivity index (χ4n) is 1.03. The zero-order valence-corrected chi connectivity index (χ0v) is 10.2. The molecule has 4 nitrogen and oxygen atoms in total. The van der Waals surface area contributed by atoms with Crippen LogP contribution in [-0.4, -0.2) is 19.2 Å². The van der Waals surface area contributed by atoms with Crippen molar-refractivity contribution in [3.63, 3.8) is 0 Å². The van der Waals surface area contributed by atoms with Crippen LogP contribution in [0, 0.1) is 5.82 Å². The second-order valence-corrected chi connectivity index (χ2v) is 5.52. The van der Waals surface area contributed by atoms with Crippen molar-refractivity contribution < 1.29 is 12.8 Å². The summed E-state index contributed by atoms with van der Waals surface area (Å²) in [6.45, 7) is 1.50. The first-order chi connectivity index (χ1) is 7.35. The molecule has 16 heavy (non-hydrogen) atoms. The molecule has 0 radical (unpaired) electrons. The van der Waals surface area contributed by atoms with E-state index in [4.69, 9.17) is 5.73 Å². The lowest BCUT2D eigenvalue weighted by Crippen LogP contribution is -2.16. The van der Waals surface area contributed by atoms with E-state index >= 15 is 0 Å². The number of hydrogen-bond donors (Lipinski definition) is 2. The monoisotopic (exact) mass is 262 g/mol. The number of nitrogens with two attached hydrogens (primary N) is 1. The van der Waals surface area contributed by atoms with Gasteiger partial charge in [0.15, 0.2) is 0 Å². The highest BCUT2D eigenvalue weighted by atomic mass is 32.2. The molecule has 0 aliphatic heterocycles. The molecule has 1 aromatic rings. The summed E-state index contributed by atoms with van der Waals surface area (Å²) in [5.74, 6) is -0.640. The van der Waals surface area contributed by atoms with Gasteiger partial charge in [0, 0.05) is 11.3 Å². The summed E-state index contributed by atoms with van der Waals surface area (Å²) >= 11 is 4.64. The van der Waals surface area contributed by atoms with E-state index in [0.29, 0.717) is 0 Å². The van der Waals surface area contributed by atoms with Gasteiger partial charge in [-0.15, -0.1) is 0 Å². The van der Waals surface area contributed by atoms with Gasteiger partial charge in [0.2, 0.25) is 10.0 Å². The Morgan fingerprint density at radius 2 is 2.19 bits per heavy atom. The van der Waals surface area contributed by atoms with Crippen molar-refractivity contribution >= 4 is 32.9 Å². The fourth-order valence-corrected chi connectivity index (χ4v) is 1.82. The molecule has 0 aliphatic rings. The number of hydrogen-bond acceptors (Lipinski definition) is 3. The maximum Gasteiger partial charge on any atom is 0.232 e. The van der Waals surface area contributed by atoms with Crippen LogP contribution < -0.4 is 10.5 Å². The highest BCUT2D eigenvalue weighted by Crippen LogP contribution is 2.16. The van der Waals surface area contributed by atoms with Crippen LogP contribution >= 0.6 is 12.2 Å². The molecule has 3 N–H and O–H groups in total. The molecule has 0 unspecified atom stereocenters. The molecule has 0 saturated heterocycles. The van der Waals surface area contributed by atoms with Crippen molar-refractivity contribution in [3.8, 4) is 0 Å². The third kappa shape index (κ3) is 3.14. The third-order valence-electron chi connectivity index (χ3n) is 1.89. The molecule has 88 valence electrons. The van der Waals surface area contributed by atoms with Gasteiger partial charge < -0.3 is 5.73 Å². The van der Waals surface area contributed by atoms with E-state index in [1.807, 2.05) is 0 Å². The molecule has 0 heterocycles. The maximum absolute atomic E-state index is 13.2. The Morgan fingerprint density at radius 1 is 1.56 bits per heavy atom. The third-order valence-corrected chi connectivity index (χ3v) is 3.41. The van der Waals surface area contributed by atoms with Gasteiger partial charge in [-0.25, -0.2) is 12.8 Å². The van der Waals surface area contributed by atoms with Gasteiger partial charge in [0.05, 0.1) is 5.75 Å². The Balaban J connectivity index is 3.09. The molecule has 0 bridgehead atoms. The summed E-state index contributed by atoms with van der Waals surface area (Å²) in [5.41, 5.74) is 5.56. The Kier molecular flexibility index (Phi) is 3.82. The summed E-state index contributed by atoms with van der Waals surface area (Å²) in [6.07, 6.45) is 0. The highest BCUT2D eigenvalue weighted by molar-refractivity contribution is 7.92. The Labute approximate surface area is 98.7 Å². The summed E-state index contributed by atoms with van der Waals surface area (Å²) in [4.78, 5) is -0.116. The number of thiocarbonyl (C=S) groups is 1. The number of anilines is 1. The molecule has 1 rings (SSSR count). The van der Waals surface area contributed by atoms with E-state index in [-0.39, 0.29) is 22.0 Å². The van der Waals surface area contributed by atoms with E-state index in [1.54, 1.807) is 0 Å². The van der Waals surface area contributed by atoms with Crippen molar-refractivity contribution in [3.05, 3.63) is 29.6 Å². The molecular weight excluding hydrogens is 251 g/mol. The second-order valence-electron chi connectivity index (χ2n) is 3.06. The van der Waals surface area contributed by atoms with Crippen LogP contribution in [0.1, 0.15) is 12.5 Å². The summed E-state index contributed by atoms with van der Waals surface area (Å²) < 4.78 is 38.0. The van der Waals surface area contributed by atoms with Crippen molar-refractivity contribution in [1.82, 2.24) is 0 Å². The first-order valence-corrected chi connectivity index (χ1v) is 6.51. The molecule has 0 aromatic heterocycles. The van der Waals surface area contributed by atoms with Crippen LogP contribution in [0.5, 0.6) is 0 Å². The van der Waals surface area contributed by atoms with E-state index in [2.05, 4.69) is 16.9 Å². The van der Waals surface area contributed by atoms with Crippen molar-refractivity contribution in [2.24, 2.45) is 5.73 Å². The van der Waals surface area contributed by atoms with Crippen LogP contribution in [0.2, 0.25) is 0 Å². The van der Waals surface area contributed by atoms with Gasteiger partial charge in [-0.1, -0.05) is 12.2 Å². The zero-order valence-electron chi connectivity index (χ0n) is 8.53. The van der Waals surface area contributed by atoms with E-state index in [1.165, 1.54) is 19.1 Å². The van der Waals surface area contributed by atoms with Gasteiger partial charge in [-0.3, -0.25) is 4.72 Å². The number of sulfonamides is 1. The van der Waals surface area contributed by atoms with E-state index in [9.17, 15) is 12.8 Å². The van der Waals surface area contributed by atoms with Crippen LogP contribution in [0.4, 0.5) is 10.1 Å². The maximum atomic E-state index is 13.2. The molecule has 0 aliphatic carbocycles. The van der Waals surface area contributed by atoms with Gasteiger partial charge in [-0.05, 0) is 25.1 Å². The fraction of sp³-hybridized carbons (Fsp3) is 0.222. The molecule has 0 saturated carbocycles. The van der Waals surface area contributed by atoms with Crippen LogP contribution in [0.25, 0.3) is 0 Å². The summed E-state index contributed by atoms with van der Waals surface area (Å²) in [5, 5.41) is 0. The first kappa shape index (κ1) is 12.9. The number of benzene rings is 1. The minimum atomic E-state index is -3.38. The summed E-state index contributed by atoms with van der Waals surface area (Å²) in [7, 11) is -3.38. The Morgan fingerprint density at radius 3 is 2.69 bits per heavy atom.